The van der Waals surface area contributed by atoms with Gasteiger partial charge in [-0.1, -0.05) is 30.3 Å². The van der Waals surface area contributed by atoms with Crippen molar-refractivity contribution in [3.63, 3.8) is 0 Å². The van der Waals surface area contributed by atoms with E-state index < -0.39 is 0 Å². The summed E-state index contributed by atoms with van der Waals surface area (Å²) >= 11 is 0. The van der Waals surface area contributed by atoms with Gasteiger partial charge in [-0.3, -0.25) is 0 Å². The molecule has 0 unspecified atom stereocenters. The Morgan fingerprint density at radius 2 is 1.78 bits per heavy atom. The zero-order chi connectivity index (χ0) is 12.5. The van der Waals surface area contributed by atoms with Gasteiger partial charge in [0.1, 0.15) is 0 Å². The van der Waals surface area contributed by atoms with Crippen molar-refractivity contribution in [1.82, 2.24) is 4.57 Å². The summed E-state index contributed by atoms with van der Waals surface area (Å²) in [5.41, 5.74) is 4.37. The number of aryl methyl sites for hydroxylation is 1. The van der Waals surface area contributed by atoms with Crippen molar-refractivity contribution in [2.75, 3.05) is 0 Å². The van der Waals surface area contributed by atoms with Gasteiger partial charge in [0.15, 0.2) is 0 Å². The molecule has 0 amide bonds. The molecule has 2 heteroatoms. The van der Waals surface area contributed by atoms with E-state index in [-0.39, 0.29) is 6.61 Å². The molecule has 2 nitrogen and oxygen atoms in total. The fourth-order valence-electron chi connectivity index (χ4n) is 2.37. The largest absolute Gasteiger partial charge is 0.390 e. The minimum absolute atomic E-state index is 0.0443. The first kappa shape index (κ1) is 11.1. The number of aromatic nitrogens is 1. The van der Waals surface area contributed by atoms with Crippen LogP contribution in [0.2, 0.25) is 0 Å². The number of aliphatic hydroxyl groups excluding tert-OH is 1. The van der Waals surface area contributed by atoms with Gasteiger partial charge in [-0.15, -0.1) is 0 Å². The van der Waals surface area contributed by atoms with E-state index in [1.807, 2.05) is 24.3 Å². The van der Waals surface area contributed by atoms with E-state index in [1.165, 1.54) is 5.56 Å². The molecule has 0 atom stereocenters. The molecule has 1 aromatic heterocycles. The average molecular weight is 237 g/mol. The Balaban J connectivity index is 2.35. The molecular weight excluding hydrogens is 222 g/mol. The highest BCUT2D eigenvalue weighted by Crippen LogP contribution is 2.25. The van der Waals surface area contributed by atoms with Crippen LogP contribution in [0.5, 0.6) is 0 Å². The van der Waals surface area contributed by atoms with Crippen LogP contribution < -0.4 is 0 Å². The molecule has 3 aromatic rings. The highest BCUT2D eigenvalue weighted by molar-refractivity contribution is 5.84. The van der Waals surface area contributed by atoms with Crippen molar-refractivity contribution in [3.05, 3.63) is 65.9 Å². The van der Waals surface area contributed by atoms with Crippen LogP contribution in [0.25, 0.3) is 16.6 Å². The minimum atomic E-state index is 0.0443. The summed E-state index contributed by atoms with van der Waals surface area (Å²) in [5.74, 6) is 0. The van der Waals surface area contributed by atoms with Crippen molar-refractivity contribution in [1.29, 1.82) is 0 Å². The molecular formula is C16H15NO. The first-order chi connectivity index (χ1) is 8.79. The average Bonchev–Trinajstić information content (AvgIpc) is 2.77. The monoisotopic (exact) mass is 237 g/mol. The second-order valence-corrected chi connectivity index (χ2v) is 4.53. The van der Waals surface area contributed by atoms with Crippen LogP contribution >= 0.6 is 0 Å². The Morgan fingerprint density at radius 1 is 1.00 bits per heavy atom. The van der Waals surface area contributed by atoms with Crippen molar-refractivity contribution in [2.45, 2.75) is 13.5 Å². The predicted molar refractivity (Wildman–Crippen MR) is 73.9 cm³/mol. The van der Waals surface area contributed by atoms with Gasteiger partial charge in [0.05, 0.1) is 12.1 Å². The number of para-hydroxylation sites is 1. The summed E-state index contributed by atoms with van der Waals surface area (Å²) in [6.45, 7) is 2.13. The van der Waals surface area contributed by atoms with Crippen molar-refractivity contribution in [2.24, 2.45) is 0 Å². The van der Waals surface area contributed by atoms with E-state index in [0.29, 0.717) is 0 Å². The van der Waals surface area contributed by atoms with Gasteiger partial charge in [0.2, 0.25) is 0 Å². The van der Waals surface area contributed by atoms with Crippen LogP contribution in [-0.4, -0.2) is 9.67 Å². The fourth-order valence-corrected chi connectivity index (χ4v) is 2.37. The Hall–Kier alpha value is -2.06. The summed E-state index contributed by atoms with van der Waals surface area (Å²) in [5, 5.41) is 10.7. The number of benzene rings is 2. The van der Waals surface area contributed by atoms with Crippen molar-refractivity contribution < 1.29 is 5.11 Å². The molecule has 0 aliphatic rings. The Morgan fingerprint density at radius 3 is 2.50 bits per heavy atom. The molecule has 0 aliphatic carbocycles. The van der Waals surface area contributed by atoms with Gasteiger partial charge in [0, 0.05) is 16.8 Å². The molecule has 90 valence electrons. The number of aliphatic hydroxyl groups is 1. The van der Waals surface area contributed by atoms with E-state index in [1.54, 1.807) is 0 Å². The van der Waals surface area contributed by atoms with E-state index in [9.17, 15) is 5.11 Å². The van der Waals surface area contributed by atoms with Crippen molar-refractivity contribution in [3.8, 4) is 5.69 Å². The second kappa shape index (κ2) is 4.31. The predicted octanol–water partition coefficient (Wildman–Crippen LogP) is 3.43. The first-order valence-corrected chi connectivity index (χ1v) is 6.07. The number of nitrogens with zero attached hydrogens (tertiary/aromatic N) is 1. The third-order valence-electron chi connectivity index (χ3n) is 3.21. The Bertz CT molecular complexity index is 683. The van der Waals surface area contributed by atoms with Gasteiger partial charge in [0.25, 0.3) is 0 Å². The molecule has 1 heterocycles. The lowest BCUT2D eigenvalue weighted by Crippen LogP contribution is -1.99. The normalized spacial score (nSPS) is 11.0. The third-order valence-corrected chi connectivity index (χ3v) is 3.21. The lowest BCUT2D eigenvalue weighted by molar-refractivity contribution is 0.275. The van der Waals surface area contributed by atoms with E-state index in [2.05, 4.69) is 41.8 Å². The smallest absolute Gasteiger partial charge is 0.0836 e. The van der Waals surface area contributed by atoms with Gasteiger partial charge < -0.3 is 9.67 Å². The maximum Gasteiger partial charge on any atom is 0.0836 e. The number of hydrogen-bond acceptors (Lipinski definition) is 1. The topological polar surface area (TPSA) is 25.2 Å². The highest BCUT2D eigenvalue weighted by Gasteiger charge is 2.09. The third kappa shape index (κ3) is 1.71. The molecule has 18 heavy (non-hydrogen) atoms. The van der Waals surface area contributed by atoms with Crippen LogP contribution in [-0.2, 0) is 6.61 Å². The Kier molecular flexibility index (Phi) is 2.65. The van der Waals surface area contributed by atoms with Gasteiger partial charge in [-0.05, 0) is 36.8 Å². The summed E-state index contributed by atoms with van der Waals surface area (Å²) in [6, 6.07) is 18.5. The van der Waals surface area contributed by atoms with E-state index in [0.717, 1.165) is 22.3 Å². The molecule has 0 radical (unpaired) electrons. The molecule has 1 N–H and O–H groups in total. The summed E-state index contributed by atoms with van der Waals surface area (Å²) in [7, 11) is 0. The standard InChI is InChI=1S/C16H15NO/c1-12-7-8-13-10-15(11-18)17(16(13)9-12)14-5-3-2-4-6-14/h2-10,18H,11H2,1H3. The lowest BCUT2D eigenvalue weighted by atomic mass is 10.2. The second-order valence-electron chi connectivity index (χ2n) is 4.53. The van der Waals surface area contributed by atoms with E-state index >= 15 is 0 Å². The quantitative estimate of drug-likeness (QED) is 0.725. The van der Waals surface area contributed by atoms with Gasteiger partial charge in [-0.25, -0.2) is 0 Å². The van der Waals surface area contributed by atoms with Gasteiger partial charge >= 0.3 is 0 Å². The van der Waals surface area contributed by atoms with Crippen LogP contribution in [0.4, 0.5) is 0 Å². The summed E-state index contributed by atoms with van der Waals surface area (Å²) in [6.07, 6.45) is 0. The van der Waals surface area contributed by atoms with E-state index in [4.69, 9.17) is 0 Å². The van der Waals surface area contributed by atoms with Crippen LogP contribution in [0, 0.1) is 6.92 Å². The zero-order valence-electron chi connectivity index (χ0n) is 10.3. The molecule has 0 bridgehead atoms. The number of hydrogen-bond donors (Lipinski definition) is 1. The molecule has 3 rings (SSSR count). The summed E-state index contributed by atoms with van der Waals surface area (Å²) < 4.78 is 2.11. The fraction of sp³-hybridized carbons (Fsp3) is 0.125. The Labute approximate surface area is 106 Å². The lowest BCUT2D eigenvalue weighted by Gasteiger charge is -2.09. The molecule has 0 aliphatic heterocycles. The minimum Gasteiger partial charge on any atom is -0.390 e. The summed E-state index contributed by atoms with van der Waals surface area (Å²) in [4.78, 5) is 0. The van der Waals surface area contributed by atoms with Crippen LogP contribution in [0.15, 0.2) is 54.6 Å². The maximum absolute atomic E-state index is 9.53. The molecule has 0 fully saturated rings. The van der Waals surface area contributed by atoms with Crippen LogP contribution in [0.1, 0.15) is 11.3 Å². The zero-order valence-corrected chi connectivity index (χ0v) is 10.3. The first-order valence-electron chi connectivity index (χ1n) is 6.07. The van der Waals surface area contributed by atoms with Crippen molar-refractivity contribution >= 4 is 10.9 Å². The van der Waals surface area contributed by atoms with Crippen LogP contribution in [0.3, 0.4) is 0 Å². The highest BCUT2D eigenvalue weighted by atomic mass is 16.3. The number of fused-ring (bicyclic) bond motifs is 1. The SMILES string of the molecule is Cc1ccc2cc(CO)n(-c3ccccc3)c2c1. The maximum atomic E-state index is 9.53. The van der Waals surface area contributed by atoms with Gasteiger partial charge in [-0.2, -0.15) is 0 Å². The number of rotatable bonds is 2. The molecule has 0 spiro atoms. The molecule has 2 aromatic carbocycles. The molecule has 0 saturated carbocycles. The molecule has 0 saturated heterocycles.